The highest BCUT2D eigenvalue weighted by Gasteiger charge is 2.38. The summed E-state index contributed by atoms with van der Waals surface area (Å²) in [5.41, 5.74) is 0.384. The molecule has 2 aromatic rings. The lowest BCUT2D eigenvalue weighted by Gasteiger charge is -2.21. The second-order valence-electron chi connectivity index (χ2n) is 6.85. The lowest BCUT2D eigenvalue weighted by Crippen LogP contribution is -2.45. The van der Waals surface area contributed by atoms with Gasteiger partial charge in [0.1, 0.15) is 24.1 Å². The predicted molar refractivity (Wildman–Crippen MR) is 104 cm³/mol. The van der Waals surface area contributed by atoms with Crippen LogP contribution in [0.3, 0.4) is 0 Å². The van der Waals surface area contributed by atoms with Crippen LogP contribution in [0.2, 0.25) is 0 Å². The van der Waals surface area contributed by atoms with Gasteiger partial charge in [0.15, 0.2) is 0 Å². The van der Waals surface area contributed by atoms with Crippen molar-refractivity contribution in [1.82, 2.24) is 10.2 Å². The van der Waals surface area contributed by atoms with E-state index in [1.165, 1.54) is 31.3 Å². The molecular weight excluding hydrogens is 417 g/mol. The van der Waals surface area contributed by atoms with Crippen molar-refractivity contribution in [2.24, 2.45) is 0 Å². The van der Waals surface area contributed by atoms with Gasteiger partial charge >= 0.3 is 12.3 Å². The molecule has 0 saturated carbocycles. The van der Waals surface area contributed by atoms with Crippen LogP contribution < -0.4 is 14.8 Å². The Labute approximate surface area is 176 Å². The lowest BCUT2D eigenvalue weighted by molar-refractivity contribution is -0.137. The number of amides is 2. The molecule has 0 aromatic heterocycles. The van der Waals surface area contributed by atoms with E-state index in [2.05, 4.69) is 5.32 Å². The fourth-order valence-electron chi connectivity index (χ4n) is 3.11. The zero-order valence-electron chi connectivity index (χ0n) is 16.9. The summed E-state index contributed by atoms with van der Waals surface area (Å²) in [5, 5.41) is 2.74. The second-order valence-corrected chi connectivity index (χ2v) is 6.85. The van der Waals surface area contributed by atoms with Gasteiger partial charge in [0.2, 0.25) is 5.91 Å². The Morgan fingerprint density at radius 1 is 1.10 bits per heavy atom. The van der Waals surface area contributed by atoms with Crippen molar-refractivity contribution in [2.75, 3.05) is 20.8 Å². The summed E-state index contributed by atoms with van der Waals surface area (Å²) in [6.45, 7) is -0.0417. The van der Waals surface area contributed by atoms with Crippen LogP contribution in [-0.4, -0.2) is 43.8 Å². The van der Waals surface area contributed by atoms with E-state index in [4.69, 9.17) is 14.2 Å². The smallest absolute Gasteiger partial charge is 0.416 e. The number of cyclic esters (lactones) is 1. The SMILES string of the molecule is COc1cc(CNC(=O)[C@@H]2COC(=O)N2Cc2ccc(C(F)(F)F)cc2)cc(OC)c1. The Balaban J connectivity index is 1.66. The summed E-state index contributed by atoms with van der Waals surface area (Å²) in [6.07, 6.45) is -5.15. The molecule has 0 spiro atoms. The van der Waals surface area contributed by atoms with Gasteiger partial charge in [-0.15, -0.1) is 0 Å². The first-order chi connectivity index (χ1) is 14.7. The minimum absolute atomic E-state index is 0.0535. The summed E-state index contributed by atoms with van der Waals surface area (Å²) in [5.74, 6) is 0.679. The fraction of sp³-hybridized carbons (Fsp3) is 0.333. The highest BCUT2D eigenvalue weighted by molar-refractivity contribution is 5.87. The van der Waals surface area contributed by atoms with E-state index in [1.54, 1.807) is 18.2 Å². The van der Waals surface area contributed by atoms with Crippen molar-refractivity contribution in [3.05, 3.63) is 59.2 Å². The molecule has 10 heteroatoms. The van der Waals surface area contributed by atoms with Gasteiger partial charge in [-0.3, -0.25) is 9.69 Å². The van der Waals surface area contributed by atoms with Gasteiger partial charge < -0.3 is 19.5 Å². The maximum absolute atomic E-state index is 12.7. The Morgan fingerprint density at radius 3 is 2.26 bits per heavy atom. The number of hydrogen-bond donors (Lipinski definition) is 1. The molecule has 1 aliphatic heterocycles. The molecule has 0 bridgehead atoms. The monoisotopic (exact) mass is 438 g/mol. The van der Waals surface area contributed by atoms with Crippen LogP contribution in [0.25, 0.3) is 0 Å². The molecule has 1 aliphatic rings. The standard InChI is InChI=1S/C21H21F3N2O5/c1-29-16-7-14(8-17(9-16)30-2)10-25-19(27)18-12-31-20(28)26(18)11-13-3-5-15(6-4-13)21(22,23)24/h3-9,18H,10-12H2,1-2H3,(H,25,27)/t18-/m0/s1. The van der Waals surface area contributed by atoms with Crippen molar-refractivity contribution < 1.29 is 37.0 Å². The summed E-state index contributed by atoms with van der Waals surface area (Å²) < 4.78 is 53.5. The molecule has 0 radical (unpaired) electrons. The van der Waals surface area contributed by atoms with E-state index in [-0.39, 0.29) is 19.7 Å². The molecule has 166 valence electrons. The molecule has 2 amide bonds. The predicted octanol–water partition coefficient (Wildman–Crippen LogP) is 3.36. The summed E-state index contributed by atoms with van der Waals surface area (Å²) in [6, 6.07) is 8.67. The molecule has 7 nitrogen and oxygen atoms in total. The van der Waals surface area contributed by atoms with Crippen molar-refractivity contribution >= 4 is 12.0 Å². The number of hydrogen-bond acceptors (Lipinski definition) is 5. The van der Waals surface area contributed by atoms with Crippen LogP contribution in [0, 0.1) is 0 Å². The number of nitrogens with one attached hydrogen (secondary N) is 1. The normalized spacial score (nSPS) is 16.1. The topological polar surface area (TPSA) is 77.1 Å². The van der Waals surface area contributed by atoms with Gasteiger partial charge in [-0.2, -0.15) is 13.2 Å². The third-order valence-corrected chi connectivity index (χ3v) is 4.79. The fourth-order valence-corrected chi connectivity index (χ4v) is 3.11. The number of alkyl halides is 3. The second kappa shape index (κ2) is 9.15. The molecular formula is C21H21F3N2O5. The van der Waals surface area contributed by atoms with Gasteiger partial charge in [-0.05, 0) is 35.4 Å². The Morgan fingerprint density at radius 2 is 1.71 bits per heavy atom. The molecule has 1 heterocycles. The molecule has 3 rings (SSSR count). The van der Waals surface area contributed by atoms with Crippen LogP contribution >= 0.6 is 0 Å². The van der Waals surface area contributed by atoms with Crippen LogP contribution in [0.5, 0.6) is 11.5 Å². The van der Waals surface area contributed by atoms with Gasteiger partial charge in [0.25, 0.3) is 0 Å². The number of benzene rings is 2. The van der Waals surface area contributed by atoms with Crippen molar-refractivity contribution in [3.8, 4) is 11.5 Å². The van der Waals surface area contributed by atoms with E-state index in [1.807, 2.05) is 0 Å². The van der Waals surface area contributed by atoms with E-state index in [0.717, 1.165) is 17.7 Å². The van der Waals surface area contributed by atoms with E-state index < -0.39 is 29.8 Å². The first-order valence-electron chi connectivity index (χ1n) is 9.30. The highest BCUT2D eigenvalue weighted by atomic mass is 19.4. The zero-order chi connectivity index (χ0) is 22.6. The molecule has 31 heavy (non-hydrogen) atoms. The minimum Gasteiger partial charge on any atom is -0.497 e. The van der Waals surface area contributed by atoms with Gasteiger partial charge in [-0.25, -0.2) is 4.79 Å². The molecule has 1 saturated heterocycles. The first kappa shape index (κ1) is 22.3. The molecule has 1 N–H and O–H groups in total. The van der Waals surface area contributed by atoms with Crippen molar-refractivity contribution in [2.45, 2.75) is 25.3 Å². The number of ether oxygens (including phenoxy) is 3. The number of carbonyl (C=O) groups is 2. The molecule has 1 fully saturated rings. The number of methoxy groups -OCH3 is 2. The van der Waals surface area contributed by atoms with Crippen LogP contribution in [0.15, 0.2) is 42.5 Å². The average Bonchev–Trinajstić information content (AvgIpc) is 3.11. The number of halogens is 3. The van der Waals surface area contributed by atoms with Crippen LogP contribution in [0.1, 0.15) is 16.7 Å². The van der Waals surface area contributed by atoms with E-state index in [9.17, 15) is 22.8 Å². The van der Waals surface area contributed by atoms with E-state index in [0.29, 0.717) is 17.1 Å². The Kier molecular flexibility index (Phi) is 6.57. The van der Waals surface area contributed by atoms with E-state index >= 15 is 0 Å². The molecule has 0 unspecified atom stereocenters. The number of carbonyl (C=O) groups excluding carboxylic acids is 2. The quantitative estimate of drug-likeness (QED) is 0.718. The summed E-state index contributed by atoms with van der Waals surface area (Å²) >= 11 is 0. The largest absolute Gasteiger partial charge is 0.497 e. The van der Waals surface area contributed by atoms with Crippen molar-refractivity contribution in [1.29, 1.82) is 0 Å². The summed E-state index contributed by atoms with van der Waals surface area (Å²) in [4.78, 5) is 25.9. The van der Waals surface area contributed by atoms with Crippen LogP contribution in [-0.2, 0) is 28.8 Å². The maximum Gasteiger partial charge on any atom is 0.416 e. The minimum atomic E-state index is -4.45. The van der Waals surface area contributed by atoms with Crippen LogP contribution in [0.4, 0.5) is 18.0 Å². The third-order valence-electron chi connectivity index (χ3n) is 4.79. The average molecular weight is 438 g/mol. The first-order valence-corrected chi connectivity index (χ1v) is 9.30. The Hall–Kier alpha value is -3.43. The lowest BCUT2D eigenvalue weighted by atomic mass is 10.1. The molecule has 2 aromatic carbocycles. The highest BCUT2D eigenvalue weighted by Crippen LogP contribution is 2.29. The van der Waals surface area contributed by atoms with Gasteiger partial charge in [0.05, 0.1) is 26.3 Å². The maximum atomic E-state index is 12.7. The Bertz CT molecular complexity index is 925. The number of nitrogens with zero attached hydrogens (tertiary/aromatic N) is 1. The van der Waals surface area contributed by atoms with Gasteiger partial charge in [-0.1, -0.05) is 12.1 Å². The molecule has 0 aliphatic carbocycles. The third kappa shape index (κ3) is 5.39. The number of rotatable bonds is 7. The zero-order valence-corrected chi connectivity index (χ0v) is 16.9. The van der Waals surface area contributed by atoms with Crippen molar-refractivity contribution in [3.63, 3.8) is 0 Å². The van der Waals surface area contributed by atoms with Gasteiger partial charge in [0, 0.05) is 12.6 Å². The summed E-state index contributed by atoms with van der Waals surface area (Å²) in [7, 11) is 3.02. The molecule has 1 atom stereocenters.